The molecule has 0 spiro atoms. The van der Waals surface area contributed by atoms with E-state index in [1.165, 1.54) is 7.11 Å². The molecule has 0 saturated carbocycles. The molecule has 1 saturated heterocycles. The van der Waals surface area contributed by atoms with Crippen molar-refractivity contribution in [3.8, 4) is 5.75 Å². The van der Waals surface area contributed by atoms with Gasteiger partial charge in [-0.15, -0.1) is 0 Å². The Bertz CT molecular complexity index is 567. The molecule has 0 aromatic carbocycles. The third-order valence-corrected chi connectivity index (χ3v) is 2.95. The van der Waals surface area contributed by atoms with Crippen molar-refractivity contribution in [2.24, 2.45) is 0 Å². The monoisotopic (exact) mass is 304 g/mol. The number of methoxy groups -OCH3 is 1. The molecule has 2 rings (SSSR count). The molecule has 1 aliphatic heterocycles. The summed E-state index contributed by atoms with van der Waals surface area (Å²) in [5, 5.41) is 28.4. The topological polar surface area (TPSA) is 134 Å². The summed E-state index contributed by atoms with van der Waals surface area (Å²) in [5.41, 5.74) is -1.53. The Labute approximate surface area is 120 Å². The van der Waals surface area contributed by atoms with Gasteiger partial charge in [-0.2, -0.15) is 0 Å². The van der Waals surface area contributed by atoms with Gasteiger partial charge in [0, 0.05) is 0 Å². The molecule has 0 radical (unpaired) electrons. The van der Waals surface area contributed by atoms with Gasteiger partial charge in [-0.3, -0.25) is 14.3 Å². The molecule has 1 aromatic rings. The number of aliphatic hydroxyl groups excluding tert-OH is 3. The Morgan fingerprint density at radius 2 is 1.95 bits per heavy atom. The normalized spacial score (nSPS) is 27.9. The number of aliphatic hydroxyl groups is 3. The molecule has 4 atom stereocenters. The molecule has 1 aromatic heterocycles. The first-order chi connectivity index (χ1) is 9.99. The van der Waals surface area contributed by atoms with E-state index in [2.05, 4.69) is 0 Å². The van der Waals surface area contributed by atoms with Crippen LogP contribution < -0.4 is 16.0 Å². The highest BCUT2D eigenvalue weighted by molar-refractivity contribution is 5.12. The molecule has 21 heavy (non-hydrogen) atoms. The molecule has 2 heterocycles. The van der Waals surface area contributed by atoms with Crippen molar-refractivity contribution in [3.63, 3.8) is 0 Å². The molecule has 4 N–H and O–H groups in total. The molecule has 1 aliphatic rings. The summed E-state index contributed by atoms with van der Waals surface area (Å²) in [5.74, 6) is -0.141. The molecule has 9 nitrogen and oxygen atoms in total. The van der Waals surface area contributed by atoms with E-state index in [1.54, 1.807) is 0 Å². The van der Waals surface area contributed by atoms with Crippen molar-refractivity contribution in [2.75, 3.05) is 13.7 Å². The van der Waals surface area contributed by atoms with Crippen molar-refractivity contribution >= 4 is 0 Å². The number of ether oxygens (including phenoxy) is 2. The Kier molecular flexibility index (Phi) is 6.09. The summed E-state index contributed by atoms with van der Waals surface area (Å²) in [6.45, 7) is 3.49. The first kappa shape index (κ1) is 17.4. The average Bonchev–Trinajstić information content (AvgIpc) is 2.77. The van der Waals surface area contributed by atoms with Gasteiger partial charge in [0.1, 0.15) is 18.3 Å². The van der Waals surface area contributed by atoms with Gasteiger partial charge in [-0.1, -0.05) is 13.8 Å². The van der Waals surface area contributed by atoms with Crippen LogP contribution in [0.2, 0.25) is 0 Å². The zero-order valence-electron chi connectivity index (χ0n) is 12.0. The maximum absolute atomic E-state index is 11.7. The maximum Gasteiger partial charge on any atom is 0.330 e. The van der Waals surface area contributed by atoms with Crippen LogP contribution in [0.5, 0.6) is 5.75 Å². The molecule has 120 valence electrons. The van der Waals surface area contributed by atoms with Gasteiger partial charge in [0.05, 0.1) is 19.9 Å². The number of nitrogens with one attached hydrogen (secondary N) is 1. The second-order valence-electron chi connectivity index (χ2n) is 4.09. The SMILES string of the molecule is CC.COc1cn(C2OC(CO)C(O)C2O)c(=O)[nH]c1=O. The van der Waals surface area contributed by atoms with Gasteiger partial charge >= 0.3 is 5.69 Å². The van der Waals surface area contributed by atoms with Gasteiger partial charge in [0.15, 0.2) is 6.23 Å². The number of hydrogen-bond donors (Lipinski definition) is 4. The fraction of sp³-hybridized carbons (Fsp3) is 0.667. The summed E-state index contributed by atoms with van der Waals surface area (Å²) in [6.07, 6.45) is -3.90. The van der Waals surface area contributed by atoms with Crippen LogP contribution in [0.1, 0.15) is 20.1 Å². The molecule has 4 unspecified atom stereocenters. The van der Waals surface area contributed by atoms with Gasteiger partial charge in [-0.25, -0.2) is 4.79 Å². The van der Waals surface area contributed by atoms with E-state index in [4.69, 9.17) is 14.6 Å². The van der Waals surface area contributed by atoms with Crippen LogP contribution in [0.4, 0.5) is 0 Å². The van der Waals surface area contributed by atoms with Crippen molar-refractivity contribution in [3.05, 3.63) is 27.0 Å². The Morgan fingerprint density at radius 3 is 2.43 bits per heavy atom. The number of aromatic amines is 1. The van der Waals surface area contributed by atoms with E-state index in [1.807, 2.05) is 18.8 Å². The van der Waals surface area contributed by atoms with Crippen LogP contribution in [0.25, 0.3) is 0 Å². The lowest BCUT2D eigenvalue weighted by atomic mass is 10.1. The van der Waals surface area contributed by atoms with Crippen molar-refractivity contribution in [2.45, 2.75) is 38.4 Å². The lowest BCUT2D eigenvalue weighted by molar-refractivity contribution is -0.0552. The lowest BCUT2D eigenvalue weighted by Crippen LogP contribution is -2.38. The van der Waals surface area contributed by atoms with Gasteiger partial charge < -0.3 is 24.8 Å². The number of hydrogen-bond acceptors (Lipinski definition) is 7. The zero-order valence-corrected chi connectivity index (χ0v) is 12.0. The zero-order chi connectivity index (χ0) is 16.2. The lowest BCUT2D eigenvalue weighted by Gasteiger charge is -2.17. The fourth-order valence-electron chi connectivity index (χ4n) is 1.91. The third kappa shape index (κ3) is 3.32. The van der Waals surface area contributed by atoms with Gasteiger partial charge in [0.25, 0.3) is 5.56 Å². The summed E-state index contributed by atoms with van der Waals surface area (Å²) in [4.78, 5) is 25.0. The van der Waals surface area contributed by atoms with Crippen LogP contribution in [0.15, 0.2) is 15.8 Å². The molecule has 9 heteroatoms. The number of nitrogens with zero attached hydrogens (tertiary/aromatic N) is 1. The highest BCUT2D eigenvalue weighted by Crippen LogP contribution is 2.28. The summed E-state index contributed by atoms with van der Waals surface area (Å²) in [6, 6.07) is 0. The second-order valence-corrected chi connectivity index (χ2v) is 4.09. The largest absolute Gasteiger partial charge is 0.490 e. The minimum Gasteiger partial charge on any atom is -0.490 e. The van der Waals surface area contributed by atoms with E-state index in [0.717, 1.165) is 10.8 Å². The van der Waals surface area contributed by atoms with Crippen LogP contribution in [-0.4, -0.2) is 56.9 Å². The van der Waals surface area contributed by atoms with E-state index in [-0.39, 0.29) is 5.75 Å². The predicted octanol–water partition coefficient (Wildman–Crippen LogP) is -1.82. The van der Waals surface area contributed by atoms with E-state index in [0.29, 0.717) is 0 Å². The Balaban J connectivity index is 0.00000106. The molecule has 1 fully saturated rings. The highest BCUT2D eigenvalue weighted by Gasteiger charge is 2.43. The van der Waals surface area contributed by atoms with E-state index >= 15 is 0 Å². The molecular formula is C12H20N2O7. The van der Waals surface area contributed by atoms with Crippen molar-refractivity contribution in [1.29, 1.82) is 0 Å². The Hall–Kier alpha value is -1.68. The predicted molar refractivity (Wildman–Crippen MR) is 72.2 cm³/mol. The van der Waals surface area contributed by atoms with E-state index in [9.17, 15) is 19.8 Å². The molecule has 0 bridgehead atoms. The van der Waals surface area contributed by atoms with E-state index < -0.39 is 42.4 Å². The Morgan fingerprint density at radius 1 is 1.33 bits per heavy atom. The maximum atomic E-state index is 11.7. The highest BCUT2D eigenvalue weighted by atomic mass is 16.6. The second kappa shape index (κ2) is 7.36. The minimum absolute atomic E-state index is 0.141. The van der Waals surface area contributed by atoms with Crippen LogP contribution >= 0.6 is 0 Å². The number of rotatable bonds is 3. The average molecular weight is 304 g/mol. The van der Waals surface area contributed by atoms with Gasteiger partial charge in [-0.05, 0) is 0 Å². The standard InChI is InChI=1S/C10H14N2O7.C2H6/c1-18-4-2-12(10(17)11-8(4)16)9-7(15)6(14)5(3-13)19-9;1-2/h2,5-7,9,13-15H,3H2,1H3,(H,11,16,17);1-2H3. The van der Waals surface area contributed by atoms with Crippen molar-refractivity contribution < 1.29 is 24.8 Å². The quantitative estimate of drug-likeness (QED) is 0.516. The first-order valence-corrected chi connectivity index (χ1v) is 6.51. The van der Waals surface area contributed by atoms with Crippen LogP contribution in [0.3, 0.4) is 0 Å². The fourth-order valence-corrected chi connectivity index (χ4v) is 1.91. The van der Waals surface area contributed by atoms with Crippen molar-refractivity contribution in [1.82, 2.24) is 9.55 Å². The minimum atomic E-state index is -1.41. The third-order valence-electron chi connectivity index (χ3n) is 2.95. The summed E-state index contributed by atoms with van der Waals surface area (Å²) >= 11 is 0. The number of H-pyrrole nitrogens is 1. The molecule has 0 aliphatic carbocycles. The number of aromatic nitrogens is 2. The molecular weight excluding hydrogens is 284 g/mol. The van der Waals surface area contributed by atoms with Crippen LogP contribution in [0, 0.1) is 0 Å². The summed E-state index contributed by atoms with van der Waals surface area (Å²) < 4.78 is 10.8. The molecule has 0 amide bonds. The van der Waals surface area contributed by atoms with Crippen LogP contribution in [-0.2, 0) is 4.74 Å². The smallest absolute Gasteiger partial charge is 0.330 e. The van der Waals surface area contributed by atoms with Gasteiger partial charge in [0.2, 0.25) is 5.75 Å². The summed E-state index contributed by atoms with van der Waals surface area (Å²) in [7, 11) is 1.25. The first-order valence-electron chi connectivity index (χ1n) is 6.51.